The Hall–Kier alpha value is -0.610. The lowest BCUT2D eigenvalue weighted by atomic mass is 9.98. The summed E-state index contributed by atoms with van der Waals surface area (Å²) in [6.07, 6.45) is 6.04. The molecule has 4 nitrogen and oxygen atoms in total. The number of hydrogen-bond acceptors (Lipinski definition) is 3. The number of nitrogens with one attached hydrogen (secondary N) is 2. The first-order valence-corrected chi connectivity index (χ1v) is 7.45. The van der Waals surface area contributed by atoms with Crippen LogP contribution in [0, 0.1) is 0 Å². The predicted molar refractivity (Wildman–Crippen MR) is 73.5 cm³/mol. The number of carbonyl (C=O) groups is 1. The molecule has 3 unspecified atom stereocenters. The average molecular weight is 253 g/mol. The molecule has 2 saturated heterocycles. The minimum absolute atomic E-state index is 0.0567. The van der Waals surface area contributed by atoms with Gasteiger partial charge in [0, 0.05) is 25.2 Å². The van der Waals surface area contributed by atoms with Crippen LogP contribution in [0.4, 0.5) is 0 Å². The Bertz CT molecular complexity index is 266. The lowest BCUT2D eigenvalue weighted by Gasteiger charge is -2.39. The Labute approximate surface area is 110 Å². The first-order chi connectivity index (χ1) is 8.68. The fourth-order valence-electron chi connectivity index (χ4n) is 3.26. The summed E-state index contributed by atoms with van der Waals surface area (Å²) in [7, 11) is 0. The minimum atomic E-state index is 0.0567. The molecule has 18 heavy (non-hydrogen) atoms. The van der Waals surface area contributed by atoms with Gasteiger partial charge >= 0.3 is 0 Å². The maximum Gasteiger partial charge on any atom is 0.237 e. The summed E-state index contributed by atoms with van der Waals surface area (Å²) in [6.45, 7) is 7.36. The smallest absolute Gasteiger partial charge is 0.237 e. The molecular formula is C14H27N3O. The van der Waals surface area contributed by atoms with Crippen molar-refractivity contribution in [3.63, 3.8) is 0 Å². The van der Waals surface area contributed by atoms with Crippen LogP contribution in [0.2, 0.25) is 0 Å². The molecule has 104 valence electrons. The van der Waals surface area contributed by atoms with Gasteiger partial charge in [-0.25, -0.2) is 0 Å². The normalized spacial score (nSPS) is 33.6. The molecule has 0 spiro atoms. The van der Waals surface area contributed by atoms with Gasteiger partial charge in [-0.3, -0.25) is 9.69 Å². The number of nitrogens with zero attached hydrogens (tertiary/aromatic N) is 1. The van der Waals surface area contributed by atoms with Crippen LogP contribution in [0.1, 0.15) is 46.0 Å². The van der Waals surface area contributed by atoms with Gasteiger partial charge < -0.3 is 10.6 Å². The Balaban J connectivity index is 1.69. The monoisotopic (exact) mass is 253 g/mol. The number of likely N-dealkylation sites (tertiary alicyclic amines) is 1. The lowest BCUT2D eigenvalue weighted by Crippen LogP contribution is -2.49. The van der Waals surface area contributed by atoms with Crippen molar-refractivity contribution in [1.82, 2.24) is 15.5 Å². The molecule has 2 aliphatic heterocycles. The van der Waals surface area contributed by atoms with E-state index < -0.39 is 0 Å². The maximum atomic E-state index is 11.9. The van der Waals surface area contributed by atoms with E-state index in [0.717, 1.165) is 32.5 Å². The summed E-state index contributed by atoms with van der Waals surface area (Å²) in [5, 5.41) is 6.31. The van der Waals surface area contributed by atoms with E-state index in [-0.39, 0.29) is 11.9 Å². The zero-order valence-corrected chi connectivity index (χ0v) is 11.7. The summed E-state index contributed by atoms with van der Waals surface area (Å²) >= 11 is 0. The Morgan fingerprint density at radius 1 is 1.22 bits per heavy atom. The third kappa shape index (κ3) is 3.45. The molecule has 0 aliphatic carbocycles. The molecule has 2 heterocycles. The molecule has 2 rings (SSSR count). The second-order valence-corrected chi connectivity index (χ2v) is 5.81. The summed E-state index contributed by atoms with van der Waals surface area (Å²) in [5.74, 6) is 0.185. The summed E-state index contributed by atoms with van der Waals surface area (Å²) in [5.41, 5.74) is 0. The van der Waals surface area contributed by atoms with E-state index in [1.807, 2.05) is 0 Å². The molecule has 0 bridgehead atoms. The van der Waals surface area contributed by atoms with Crippen LogP contribution in [-0.4, -0.2) is 48.6 Å². The van der Waals surface area contributed by atoms with Crippen molar-refractivity contribution >= 4 is 5.91 Å². The number of rotatable bonds is 4. The Morgan fingerprint density at radius 3 is 2.56 bits per heavy atom. The highest BCUT2D eigenvalue weighted by Gasteiger charge is 2.25. The third-order valence-corrected chi connectivity index (χ3v) is 4.42. The van der Waals surface area contributed by atoms with Gasteiger partial charge in [0.2, 0.25) is 5.91 Å². The van der Waals surface area contributed by atoms with Crippen LogP contribution >= 0.6 is 0 Å². The van der Waals surface area contributed by atoms with Crippen LogP contribution < -0.4 is 10.6 Å². The molecule has 2 N–H and O–H groups in total. The van der Waals surface area contributed by atoms with E-state index in [1.54, 1.807) is 0 Å². The molecule has 4 heteroatoms. The molecular weight excluding hydrogens is 226 g/mol. The Kier molecular flexibility index (Phi) is 5.01. The predicted octanol–water partition coefficient (Wildman–Crippen LogP) is 1.12. The number of carbonyl (C=O) groups excluding carboxylic acids is 1. The quantitative estimate of drug-likeness (QED) is 0.789. The molecule has 1 amide bonds. The molecule has 0 saturated carbocycles. The summed E-state index contributed by atoms with van der Waals surface area (Å²) < 4.78 is 0. The van der Waals surface area contributed by atoms with Gasteiger partial charge in [-0.2, -0.15) is 0 Å². The van der Waals surface area contributed by atoms with Gasteiger partial charge in [0.05, 0.1) is 6.04 Å². The van der Waals surface area contributed by atoms with Crippen LogP contribution in [0.15, 0.2) is 0 Å². The standard InChI is InChI=1S/C14H27N3O/c1-11-5-3-6-12(2)17(11)10-9-16-14(18)13-7-4-8-15-13/h11-13,15H,3-10H2,1-2H3,(H,16,18). The van der Waals surface area contributed by atoms with Crippen molar-refractivity contribution in [3.8, 4) is 0 Å². The van der Waals surface area contributed by atoms with Gasteiger partial charge in [-0.05, 0) is 46.1 Å². The first-order valence-electron chi connectivity index (χ1n) is 7.45. The highest BCUT2D eigenvalue weighted by atomic mass is 16.2. The fraction of sp³-hybridized carbons (Fsp3) is 0.929. The SMILES string of the molecule is CC1CCCC(C)N1CCNC(=O)C1CCCN1. The van der Waals surface area contributed by atoms with Crippen LogP contribution in [-0.2, 0) is 4.79 Å². The van der Waals surface area contributed by atoms with Gasteiger partial charge in [0.1, 0.15) is 0 Å². The van der Waals surface area contributed by atoms with Gasteiger partial charge in [0.15, 0.2) is 0 Å². The second-order valence-electron chi connectivity index (χ2n) is 5.81. The molecule has 0 aromatic carbocycles. The molecule has 0 radical (unpaired) electrons. The van der Waals surface area contributed by atoms with Crippen LogP contribution in [0.3, 0.4) is 0 Å². The van der Waals surface area contributed by atoms with Crippen molar-refractivity contribution in [1.29, 1.82) is 0 Å². The molecule has 2 aliphatic rings. The number of piperidine rings is 1. The highest BCUT2D eigenvalue weighted by molar-refractivity contribution is 5.81. The first kappa shape index (κ1) is 13.8. The molecule has 0 aromatic rings. The van der Waals surface area contributed by atoms with E-state index in [9.17, 15) is 4.79 Å². The number of hydrogen-bond donors (Lipinski definition) is 2. The lowest BCUT2D eigenvalue weighted by molar-refractivity contribution is -0.122. The van der Waals surface area contributed by atoms with Crippen molar-refractivity contribution in [2.24, 2.45) is 0 Å². The van der Waals surface area contributed by atoms with Crippen LogP contribution in [0.25, 0.3) is 0 Å². The molecule has 2 fully saturated rings. The zero-order valence-electron chi connectivity index (χ0n) is 11.7. The van der Waals surface area contributed by atoms with Crippen molar-refractivity contribution in [2.45, 2.75) is 64.1 Å². The van der Waals surface area contributed by atoms with Crippen molar-refractivity contribution in [2.75, 3.05) is 19.6 Å². The summed E-state index contributed by atoms with van der Waals surface area (Å²) in [4.78, 5) is 14.4. The van der Waals surface area contributed by atoms with E-state index in [1.165, 1.54) is 19.3 Å². The topological polar surface area (TPSA) is 44.4 Å². The van der Waals surface area contributed by atoms with Crippen molar-refractivity contribution < 1.29 is 4.79 Å². The highest BCUT2D eigenvalue weighted by Crippen LogP contribution is 2.21. The Morgan fingerprint density at radius 2 is 1.94 bits per heavy atom. The maximum absolute atomic E-state index is 11.9. The minimum Gasteiger partial charge on any atom is -0.353 e. The molecule has 0 aromatic heterocycles. The van der Waals surface area contributed by atoms with Crippen LogP contribution in [0.5, 0.6) is 0 Å². The van der Waals surface area contributed by atoms with E-state index in [2.05, 4.69) is 29.4 Å². The van der Waals surface area contributed by atoms with Gasteiger partial charge in [0.25, 0.3) is 0 Å². The van der Waals surface area contributed by atoms with Gasteiger partial charge in [-0.1, -0.05) is 6.42 Å². The van der Waals surface area contributed by atoms with E-state index in [0.29, 0.717) is 12.1 Å². The van der Waals surface area contributed by atoms with E-state index in [4.69, 9.17) is 0 Å². The van der Waals surface area contributed by atoms with E-state index >= 15 is 0 Å². The number of amides is 1. The van der Waals surface area contributed by atoms with Crippen molar-refractivity contribution in [3.05, 3.63) is 0 Å². The second kappa shape index (κ2) is 6.53. The fourth-order valence-corrected chi connectivity index (χ4v) is 3.26. The average Bonchev–Trinajstić information content (AvgIpc) is 2.86. The van der Waals surface area contributed by atoms with Gasteiger partial charge in [-0.15, -0.1) is 0 Å². The summed E-state index contributed by atoms with van der Waals surface area (Å²) in [6, 6.07) is 1.38. The largest absolute Gasteiger partial charge is 0.353 e. The molecule has 3 atom stereocenters. The zero-order chi connectivity index (χ0) is 13.0. The third-order valence-electron chi connectivity index (χ3n) is 4.42.